The zero-order chi connectivity index (χ0) is 19.2. The molecular weight excluding hydrogens is 340 g/mol. The molecule has 136 valence electrons. The third-order valence-corrected chi connectivity index (χ3v) is 4.16. The minimum absolute atomic E-state index is 0.198. The van der Waals surface area contributed by atoms with Crippen LogP contribution in [0.25, 0.3) is 0 Å². The van der Waals surface area contributed by atoms with E-state index < -0.39 is 0 Å². The molecule has 0 aliphatic carbocycles. The summed E-state index contributed by atoms with van der Waals surface area (Å²) in [5.41, 5.74) is 2.21. The van der Waals surface area contributed by atoms with Crippen LogP contribution in [-0.2, 0) is 0 Å². The molecule has 0 aliphatic rings. The number of carbonyl (C=O) groups excluding carboxylic acids is 2. The largest absolute Gasteiger partial charge is 0.457 e. The molecule has 2 amide bonds. The zero-order valence-corrected chi connectivity index (χ0v) is 15.2. The highest BCUT2D eigenvalue weighted by Gasteiger charge is 2.16. The summed E-state index contributed by atoms with van der Waals surface area (Å²) in [6, 6.07) is 21.5. The highest BCUT2D eigenvalue weighted by molar-refractivity contribution is 6.07. The first kappa shape index (κ1) is 18.2. The molecule has 3 aromatic carbocycles. The molecule has 0 heterocycles. The predicted octanol–water partition coefficient (Wildman–Crippen LogP) is 4.40. The lowest BCUT2D eigenvalue weighted by molar-refractivity contribution is 0.0960. The van der Waals surface area contributed by atoms with Gasteiger partial charge in [-0.25, -0.2) is 0 Å². The standard InChI is InChI=1S/C22H20N2O3/c1-15-17(21(25)23-2)12-8-13-19(15)24-22(26)18-11-6-7-14-20(18)27-16-9-4-3-5-10-16/h3-14H,1-2H3,(H,23,25)(H,24,26). The van der Waals surface area contributed by atoms with Crippen LogP contribution >= 0.6 is 0 Å². The predicted molar refractivity (Wildman–Crippen MR) is 105 cm³/mol. The summed E-state index contributed by atoms with van der Waals surface area (Å²) in [5.74, 6) is 0.604. The van der Waals surface area contributed by atoms with Gasteiger partial charge in [-0.2, -0.15) is 0 Å². The number of hydrogen-bond donors (Lipinski definition) is 2. The summed E-state index contributed by atoms with van der Waals surface area (Å²) < 4.78 is 5.85. The van der Waals surface area contributed by atoms with Crippen LogP contribution in [0.4, 0.5) is 5.69 Å². The lowest BCUT2D eigenvalue weighted by atomic mass is 10.1. The van der Waals surface area contributed by atoms with Crippen molar-refractivity contribution in [1.82, 2.24) is 5.32 Å². The minimum Gasteiger partial charge on any atom is -0.457 e. The summed E-state index contributed by atoms with van der Waals surface area (Å²) in [6.45, 7) is 1.80. The van der Waals surface area contributed by atoms with Crippen molar-refractivity contribution in [3.63, 3.8) is 0 Å². The van der Waals surface area contributed by atoms with Gasteiger partial charge < -0.3 is 15.4 Å². The van der Waals surface area contributed by atoms with Crippen LogP contribution in [0.5, 0.6) is 11.5 Å². The monoisotopic (exact) mass is 360 g/mol. The van der Waals surface area contributed by atoms with E-state index in [1.807, 2.05) is 36.4 Å². The summed E-state index contributed by atoms with van der Waals surface area (Å²) in [7, 11) is 1.57. The van der Waals surface area contributed by atoms with E-state index in [1.54, 1.807) is 50.4 Å². The minimum atomic E-state index is -0.307. The molecule has 2 N–H and O–H groups in total. The smallest absolute Gasteiger partial charge is 0.259 e. The van der Waals surface area contributed by atoms with E-state index in [1.165, 1.54) is 0 Å². The second-order valence-corrected chi connectivity index (χ2v) is 5.92. The van der Waals surface area contributed by atoms with Crippen LogP contribution in [0.15, 0.2) is 72.8 Å². The Balaban J connectivity index is 1.87. The van der Waals surface area contributed by atoms with Gasteiger partial charge in [-0.05, 0) is 48.9 Å². The van der Waals surface area contributed by atoms with Gasteiger partial charge in [-0.1, -0.05) is 36.4 Å². The molecule has 0 fully saturated rings. The van der Waals surface area contributed by atoms with Crippen molar-refractivity contribution in [1.29, 1.82) is 0 Å². The van der Waals surface area contributed by atoms with Crippen molar-refractivity contribution in [2.45, 2.75) is 6.92 Å². The second kappa shape index (κ2) is 8.19. The molecule has 0 saturated heterocycles. The third kappa shape index (κ3) is 4.15. The Morgan fingerprint density at radius 3 is 2.19 bits per heavy atom. The van der Waals surface area contributed by atoms with Crippen LogP contribution in [-0.4, -0.2) is 18.9 Å². The molecule has 0 bridgehead atoms. The molecule has 3 rings (SSSR count). The van der Waals surface area contributed by atoms with E-state index in [2.05, 4.69) is 10.6 Å². The number of anilines is 1. The first-order chi connectivity index (χ1) is 13.1. The summed E-state index contributed by atoms with van der Waals surface area (Å²) in [6.07, 6.45) is 0. The van der Waals surface area contributed by atoms with E-state index >= 15 is 0 Å². The second-order valence-electron chi connectivity index (χ2n) is 5.92. The fourth-order valence-corrected chi connectivity index (χ4v) is 2.70. The number of ether oxygens (including phenoxy) is 1. The van der Waals surface area contributed by atoms with Gasteiger partial charge >= 0.3 is 0 Å². The van der Waals surface area contributed by atoms with Crippen molar-refractivity contribution in [3.8, 4) is 11.5 Å². The number of amides is 2. The first-order valence-electron chi connectivity index (χ1n) is 8.55. The van der Waals surface area contributed by atoms with Gasteiger partial charge in [0.2, 0.25) is 0 Å². The first-order valence-corrected chi connectivity index (χ1v) is 8.55. The Morgan fingerprint density at radius 1 is 0.778 bits per heavy atom. The van der Waals surface area contributed by atoms with Crippen LogP contribution < -0.4 is 15.4 Å². The van der Waals surface area contributed by atoms with E-state index in [-0.39, 0.29) is 11.8 Å². The van der Waals surface area contributed by atoms with Gasteiger partial charge in [0.05, 0.1) is 5.56 Å². The van der Waals surface area contributed by atoms with Crippen LogP contribution in [0.2, 0.25) is 0 Å². The molecule has 3 aromatic rings. The molecule has 0 spiro atoms. The number of para-hydroxylation sites is 2. The Hall–Kier alpha value is -3.60. The molecule has 0 aromatic heterocycles. The summed E-state index contributed by atoms with van der Waals surface area (Å²) in [4.78, 5) is 24.8. The van der Waals surface area contributed by atoms with Crippen LogP contribution in [0.1, 0.15) is 26.3 Å². The maximum absolute atomic E-state index is 12.8. The molecule has 0 saturated carbocycles. The Morgan fingerprint density at radius 2 is 1.44 bits per heavy atom. The summed E-state index contributed by atoms with van der Waals surface area (Å²) in [5, 5.41) is 5.47. The number of rotatable bonds is 5. The van der Waals surface area contributed by atoms with Crippen LogP contribution in [0, 0.1) is 6.92 Å². The fourth-order valence-electron chi connectivity index (χ4n) is 2.70. The van der Waals surface area contributed by atoms with Gasteiger partial charge in [-0.3, -0.25) is 9.59 Å². The molecule has 5 heteroatoms. The number of carbonyl (C=O) groups is 2. The number of nitrogens with one attached hydrogen (secondary N) is 2. The van der Waals surface area contributed by atoms with Crippen LogP contribution in [0.3, 0.4) is 0 Å². The summed E-state index contributed by atoms with van der Waals surface area (Å²) >= 11 is 0. The van der Waals surface area contributed by atoms with Crippen molar-refractivity contribution in [2.75, 3.05) is 12.4 Å². The van der Waals surface area contributed by atoms with Crippen molar-refractivity contribution < 1.29 is 14.3 Å². The zero-order valence-electron chi connectivity index (χ0n) is 15.2. The lowest BCUT2D eigenvalue weighted by Gasteiger charge is -2.14. The van der Waals surface area contributed by atoms with E-state index in [9.17, 15) is 9.59 Å². The molecule has 0 atom stereocenters. The Kier molecular flexibility index (Phi) is 5.52. The maximum atomic E-state index is 12.8. The van der Waals surface area contributed by atoms with E-state index in [0.717, 1.165) is 0 Å². The van der Waals surface area contributed by atoms with Gasteiger partial charge in [0.1, 0.15) is 11.5 Å². The maximum Gasteiger partial charge on any atom is 0.259 e. The van der Waals surface area contributed by atoms with Crippen molar-refractivity contribution in [2.24, 2.45) is 0 Å². The van der Waals surface area contributed by atoms with Gasteiger partial charge in [0.15, 0.2) is 0 Å². The highest BCUT2D eigenvalue weighted by atomic mass is 16.5. The Labute approximate surface area is 158 Å². The average Bonchev–Trinajstić information content (AvgIpc) is 2.70. The van der Waals surface area contributed by atoms with Crippen molar-refractivity contribution >= 4 is 17.5 Å². The number of benzene rings is 3. The molecule has 5 nitrogen and oxygen atoms in total. The average molecular weight is 360 g/mol. The van der Waals surface area contributed by atoms with Gasteiger partial charge in [0.25, 0.3) is 11.8 Å². The normalized spacial score (nSPS) is 10.1. The molecule has 0 aliphatic heterocycles. The van der Waals surface area contributed by atoms with Gasteiger partial charge in [-0.15, -0.1) is 0 Å². The molecule has 0 unspecified atom stereocenters. The van der Waals surface area contributed by atoms with Gasteiger partial charge in [0, 0.05) is 18.3 Å². The van der Waals surface area contributed by atoms with E-state index in [0.29, 0.717) is 33.9 Å². The molecule has 27 heavy (non-hydrogen) atoms. The molecular formula is C22H20N2O3. The molecule has 0 radical (unpaired) electrons. The quantitative estimate of drug-likeness (QED) is 0.709. The third-order valence-electron chi connectivity index (χ3n) is 4.16. The van der Waals surface area contributed by atoms with Crippen molar-refractivity contribution in [3.05, 3.63) is 89.5 Å². The SMILES string of the molecule is CNC(=O)c1cccc(NC(=O)c2ccccc2Oc2ccccc2)c1C. The highest BCUT2D eigenvalue weighted by Crippen LogP contribution is 2.27. The topological polar surface area (TPSA) is 67.4 Å². The van der Waals surface area contributed by atoms with E-state index in [4.69, 9.17) is 4.74 Å². The fraction of sp³-hybridized carbons (Fsp3) is 0.0909. The Bertz CT molecular complexity index is 968. The number of hydrogen-bond acceptors (Lipinski definition) is 3. The lowest BCUT2D eigenvalue weighted by Crippen LogP contribution is -2.20.